The molecule has 3 aromatic rings. The molecule has 1 aromatic heterocycles. The van der Waals surface area contributed by atoms with Gasteiger partial charge in [-0.05, 0) is 42.5 Å². The van der Waals surface area contributed by atoms with Crippen molar-refractivity contribution in [3.8, 4) is 0 Å². The van der Waals surface area contributed by atoms with Crippen molar-refractivity contribution in [2.24, 2.45) is 0 Å². The number of anilines is 3. The van der Waals surface area contributed by atoms with E-state index in [1.807, 2.05) is 0 Å². The van der Waals surface area contributed by atoms with Crippen LogP contribution in [0.15, 0.2) is 54.7 Å². The minimum Gasteiger partial charge on any atom is -0.324 e. The molecule has 0 atom stereocenters. The minimum atomic E-state index is -1.07. The zero-order chi connectivity index (χ0) is 17.8. The summed E-state index contributed by atoms with van der Waals surface area (Å²) in [6.07, 6.45) is 1.36. The lowest BCUT2D eigenvalue weighted by atomic mass is 10.3. The summed E-state index contributed by atoms with van der Waals surface area (Å²) in [6, 6.07) is 9.89. The van der Waals surface area contributed by atoms with Crippen molar-refractivity contribution in [3.05, 3.63) is 77.9 Å². The van der Waals surface area contributed by atoms with E-state index in [0.717, 1.165) is 12.1 Å². The van der Waals surface area contributed by atoms with Gasteiger partial charge in [0.1, 0.15) is 11.5 Å². The maximum Gasteiger partial charge on any atom is 0.274 e. The van der Waals surface area contributed by atoms with Crippen molar-refractivity contribution in [3.63, 3.8) is 0 Å². The maximum atomic E-state index is 13.2. The summed E-state index contributed by atoms with van der Waals surface area (Å²) in [7, 11) is 0. The first-order chi connectivity index (χ1) is 12.0. The number of aromatic nitrogens is 2. The largest absolute Gasteiger partial charge is 0.324 e. The summed E-state index contributed by atoms with van der Waals surface area (Å²) in [4.78, 5) is 20.2. The molecule has 1 amide bonds. The van der Waals surface area contributed by atoms with Crippen LogP contribution in [-0.4, -0.2) is 15.9 Å². The fourth-order valence-electron chi connectivity index (χ4n) is 1.98. The number of halogens is 3. The second kappa shape index (κ2) is 7.00. The third-order valence-corrected chi connectivity index (χ3v) is 3.17. The third-order valence-electron chi connectivity index (χ3n) is 3.17. The van der Waals surface area contributed by atoms with Gasteiger partial charge in [-0.3, -0.25) is 4.79 Å². The topological polar surface area (TPSA) is 66.9 Å². The lowest BCUT2D eigenvalue weighted by Crippen LogP contribution is -2.15. The zero-order valence-electron chi connectivity index (χ0n) is 12.6. The molecule has 0 saturated carbocycles. The van der Waals surface area contributed by atoms with Crippen LogP contribution in [0.4, 0.5) is 30.5 Å². The fourth-order valence-corrected chi connectivity index (χ4v) is 1.98. The Morgan fingerprint density at radius 2 is 1.60 bits per heavy atom. The molecule has 0 unspecified atom stereocenters. The van der Waals surface area contributed by atoms with Gasteiger partial charge < -0.3 is 10.6 Å². The van der Waals surface area contributed by atoms with Gasteiger partial charge in [0, 0.05) is 23.6 Å². The number of nitrogens with zero attached hydrogens (tertiary/aromatic N) is 2. The molecule has 8 heteroatoms. The van der Waals surface area contributed by atoms with Crippen molar-refractivity contribution in [2.75, 3.05) is 10.6 Å². The number of amides is 1. The van der Waals surface area contributed by atoms with Gasteiger partial charge in [0.15, 0.2) is 11.6 Å². The summed E-state index contributed by atoms with van der Waals surface area (Å²) in [5, 5.41) is 5.24. The van der Waals surface area contributed by atoms with Crippen LogP contribution in [0.1, 0.15) is 10.5 Å². The highest BCUT2D eigenvalue weighted by molar-refractivity contribution is 6.03. The van der Waals surface area contributed by atoms with E-state index in [-0.39, 0.29) is 23.1 Å². The van der Waals surface area contributed by atoms with Crippen LogP contribution in [0.3, 0.4) is 0 Å². The Morgan fingerprint density at radius 3 is 2.32 bits per heavy atom. The summed E-state index contributed by atoms with van der Waals surface area (Å²) in [5.74, 6) is -2.95. The van der Waals surface area contributed by atoms with Crippen LogP contribution < -0.4 is 10.6 Å². The molecule has 0 aliphatic rings. The van der Waals surface area contributed by atoms with Crippen molar-refractivity contribution >= 4 is 23.2 Å². The lowest BCUT2D eigenvalue weighted by molar-refractivity contribution is 0.102. The third kappa shape index (κ3) is 4.11. The smallest absolute Gasteiger partial charge is 0.274 e. The summed E-state index contributed by atoms with van der Waals surface area (Å²) < 4.78 is 39.0. The fraction of sp³-hybridized carbons (Fsp3) is 0. The van der Waals surface area contributed by atoms with Gasteiger partial charge in [-0.1, -0.05) is 0 Å². The Morgan fingerprint density at radius 1 is 0.880 bits per heavy atom. The first-order valence-corrected chi connectivity index (χ1v) is 7.13. The monoisotopic (exact) mass is 344 g/mol. The van der Waals surface area contributed by atoms with Gasteiger partial charge in [-0.15, -0.1) is 0 Å². The molecule has 2 aromatic carbocycles. The number of benzene rings is 2. The Bertz CT molecular complexity index is 916. The summed E-state index contributed by atoms with van der Waals surface area (Å²) in [6.45, 7) is 0. The Hall–Kier alpha value is -3.42. The quantitative estimate of drug-likeness (QED) is 0.753. The highest BCUT2D eigenvalue weighted by atomic mass is 19.2. The predicted octanol–water partition coefficient (Wildman–Crippen LogP) is 3.89. The van der Waals surface area contributed by atoms with Gasteiger partial charge in [0.2, 0.25) is 5.95 Å². The first kappa shape index (κ1) is 16.4. The van der Waals surface area contributed by atoms with E-state index in [4.69, 9.17) is 0 Å². The number of hydrogen-bond acceptors (Lipinski definition) is 4. The number of carbonyl (C=O) groups excluding carboxylic acids is 1. The second-order valence-electron chi connectivity index (χ2n) is 4.98. The summed E-state index contributed by atoms with van der Waals surface area (Å²) >= 11 is 0. The van der Waals surface area contributed by atoms with E-state index in [1.165, 1.54) is 42.6 Å². The number of carbonyl (C=O) groups is 1. The van der Waals surface area contributed by atoms with Crippen molar-refractivity contribution in [1.29, 1.82) is 0 Å². The molecule has 0 aliphatic carbocycles. The molecule has 5 nitrogen and oxygen atoms in total. The molecule has 0 aliphatic heterocycles. The van der Waals surface area contributed by atoms with E-state index < -0.39 is 17.5 Å². The number of rotatable bonds is 4. The Labute approximate surface area is 140 Å². The maximum absolute atomic E-state index is 13.2. The molecular formula is C17H11F3N4O. The van der Waals surface area contributed by atoms with E-state index in [0.29, 0.717) is 5.69 Å². The van der Waals surface area contributed by atoms with Gasteiger partial charge >= 0.3 is 0 Å². The Balaban J connectivity index is 1.74. The highest BCUT2D eigenvalue weighted by Crippen LogP contribution is 2.16. The van der Waals surface area contributed by atoms with E-state index in [2.05, 4.69) is 20.6 Å². The number of hydrogen-bond donors (Lipinski definition) is 2. The average Bonchev–Trinajstić information content (AvgIpc) is 2.60. The molecule has 25 heavy (non-hydrogen) atoms. The molecule has 0 radical (unpaired) electrons. The minimum absolute atomic E-state index is 0.0179. The van der Waals surface area contributed by atoms with Crippen molar-refractivity contribution < 1.29 is 18.0 Å². The van der Waals surface area contributed by atoms with Crippen LogP contribution in [0.5, 0.6) is 0 Å². The van der Waals surface area contributed by atoms with E-state index in [9.17, 15) is 18.0 Å². The van der Waals surface area contributed by atoms with E-state index in [1.54, 1.807) is 0 Å². The van der Waals surface area contributed by atoms with Crippen LogP contribution >= 0.6 is 0 Å². The van der Waals surface area contributed by atoms with Crippen LogP contribution in [0.2, 0.25) is 0 Å². The average molecular weight is 344 g/mol. The van der Waals surface area contributed by atoms with Gasteiger partial charge in [-0.25, -0.2) is 23.1 Å². The lowest BCUT2D eigenvalue weighted by Gasteiger charge is -2.07. The second-order valence-corrected chi connectivity index (χ2v) is 4.98. The van der Waals surface area contributed by atoms with Crippen LogP contribution in [-0.2, 0) is 0 Å². The van der Waals surface area contributed by atoms with Crippen molar-refractivity contribution in [2.45, 2.75) is 0 Å². The molecule has 0 bridgehead atoms. The molecular weight excluding hydrogens is 333 g/mol. The zero-order valence-corrected chi connectivity index (χ0v) is 12.6. The Kier molecular flexibility index (Phi) is 4.60. The highest BCUT2D eigenvalue weighted by Gasteiger charge is 2.11. The predicted molar refractivity (Wildman–Crippen MR) is 86.0 cm³/mol. The SMILES string of the molecule is O=C(Nc1ccc(F)c(F)c1)c1ccnc(Nc2ccc(F)cc2)n1. The normalized spacial score (nSPS) is 10.4. The first-order valence-electron chi connectivity index (χ1n) is 7.13. The van der Waals surface area contributed by atoms with Gasteiger partial charge in [-0.2, -0.15) is 0 Å². The van der Waals surface area contributed by atoms with Gasteiger partial charge in [0.25, 0.3) is 5.91 Å². The molecule has 3 rings (SSSR count). The van der Waals surface area contributed by atoms with Crippen molar-refractivity contribution in [1.82, 2.24) is 9.97 Å². The van der Waals surface area contributed by atoms with Crippen LogP contribution in [0, 0.1) is 17.5 Å². The summed E-state index contributed by atoms with van der Waals surface area (Å²) in [5.41, 5.74) is 0.652. The molecule has 0 spiro atoms. The van der Waals surface area contributed by atoms with E-state index >= 15 is 0 Å². The molecule has 126 valence electrons. The number of nitrogens with one attached hydrogen (secondary N) is 2. The van der Waals surface area contributed by atoms with Crippen LogP contribution in [0.25, 0.3) is 0 Å². The molecule has 0 fully saturated rings. The van der Waals surface area contributed by atoms with Gasteiger partial charge in [0.05, 0.1) is 0 Å². The molecule has 2 N–H and O–H groups in total. The standard InChI is InChI=1S/C17H11F3N4O/c18-10-1-3-11(4-2-10)23-17-21-8-7-15(24-17)16(25)22-12-5-6-13(19)14(20)9-12/h1-9H,(H,22,25)(H,21,23,24). The molecule has 1 heterocycles. The molecule has 0 saturated heterocycles.